The molecular weight excluding hydrogens is 344 g/mol. The van der Waals surface area contributed by atoms with Gasteiger partial charge < -0.3 is 5.32 Å². The zero-order valence-electron chi connectivity index (χ0n) is 13.7. The Kier molecular flexibility index (Phi) is 5.03. The molecule has 3 aromatic rings. The molecule has 1 atom stereocenters. The summed E-state index contributed by atoms with van der Waals surface area (Å²) in [5.41, 5.74) is 1.34. The van der Waals surface area contributed by atoms with Crippen LogP contribution in [-0.4, -0.2) is 21.7 Å². The molecule has 1 amide bonds. The highest BCUT2D eigenvalue weighted by Crippen LogP contribution is 2.27. The standard InChI is InChI=1S/C18H17F2N3OS/c1-11(21-17(24)12-7-3-6-10-15(12)25-2)16-22-13-8-4-5-9-14(13)23(16)18(19)20/h3-11,18H,1-2H3,(H,21,24)/t11-/m0/s1. The highest BCUT2D eigenvalue weighted by Gasteiger charge is 2.23. The van der Waals surface area contributed by atoms with E-state index in [1.807, 2.05) is 18.4 Å². The van der Waals surface area contributed by atoms with Crippen molar-refractivity contribution in [1.82, 2.24) is 14.9 Å². The van der Waals surface area contributed by atoms with Gasteiger partial charge in [0, 0.05) is 4.90 Å². The molecule has 130 valence electrons. The lowest BCUT2D eigenvalue weighted by molar-refractivity contribution is 0.0687. The Labute approximate surface area is 148 Å². The molecule has 3 rings (SSSR count). The van der Waals surface area contributed by atoms with E-state index >= 15 is 0 Å². The molecule has 7 heteroatoms. The lowest BCUT2D eigenvalue weighted by atomic mass is 10.2. The van der Waals surface area contributed by atoms with E-state index in [-0.39, 0.29) is 11.7 Å². The maximum atomic E-state index is 13.5. The first-order valence-corrected chi connectivity index (χ1v) is 8.94. The maximum Gasteiger partial charge on any atom is 0.320 e. The zero-order valence-corrected chi connectivity index (χ0v) is 14.6. The fourth-order valence-electron chi connectivity index (χ4n) is 2.74. The summed E-state index contributed by atoms with van der Waals surface area (Å²) in [6, 6.07) is 13.2. The van der Waals surface area contributed by atoms with Gasteiger partial charge in [0.25, 0.3) is 5.91 Å². The Morgan fingerprint density at radius 1 is 1.16 bits per heavy atom. The van der Waals surface area contributed by atoms with E-state index in [1.165, 1.54) is 11.8 Å². The van der Waals surface area contributed by atoms with Gasteiger partial charge in [-0.15, -0.1) is 11.8 Å². The van der Waals surface area contributed by atoms with Crippen LogP contribution < -0.4 is 5.32 Å². The van der Waals surface area contributed by atoms with Crippen molar-refractivity contribution in [3.8, 4) is 0 Å². The Morgan fingerprint density at radius 2 is 1.84 bits per heavy atom. The molecule has 0 saturated heterocycles. The van der Waals surface area contributed by atoms with E-state index < -0.39 is 12.6 Å². The van der Waals surface area contributed by atoms with E-state index in [1.54, 1.807) is 43.3 Å². The first kappa shape index (κ1) is 17.4. The predicted octanol–water partition coefficient (Wildman–Crippen LogP) is 4.64. The lowest BCUT2D eigenvalue weighted by Crippen LogP contribution is -2.29. The molecule has 0 saturated carbocycles. The van der Waals surface area contributed by atoms with Crippen molar-refractivity contribution in [2.24, 2.45) is 0 Å². The highest BCUT2D eigenvalue weighted by atomic mass is 32.2. The normalized spacial score (nSPS) is 12.5. The van der Waals surface area contributed by atoms with Gasteiger partial charge in [0.05, 0.1) is 22.6 Å². The smallest absolute Gasteiger partial charge is 0.320 e. The van der Waals surface area contributed by atoms with E-state index in [4.69, 9.17) is 0 Å². The van der Waals surface area contributed by atoms with E-state index in [2.05, 4.69) is 10.3 Å². The van der Waals surface area contributed by atoms with Crippen molar-refractivity contribution in [3.63, 3.8) is 0 Å². The third-order valence-corrected chi connectivity index (χ3v) is 4.70. The Morgan fingerprint density at radius 3 is 2.56 bits per heavy atom. The van der Waals surface area contributed by atoms with Gasteiger partial charge in [0.2, 0.25) is 0 Å². The van der Waals surface area contributed by atoms with E-state index in [0.717, 1.165) is 9.46 Å². The van der Waals surface area contributed by atoms with Crippen LogP contribution in [0.3, 0.4) is 0 Å². The summed E-state index contributed by atoms with van der Waals surface area (Å²) in [5.74, 6) is -0.184. The first-order chi connectivity index (χ1) is 12.0. The lowest BCUT2D eigenvalue weighted by Gasteiger charge is -2.16. The molecule has 25 heavy (non-hydrogen) atoms. The molecule has 0 radical (unpaired) electrons. The number of carbonyl (C=O) groups is 1. The van der Waals surface area contributed by atoms with Crippen molar-refractivity contribution in [3.05, 3.63) is 59.9 Å². The second-order valence-corrected chi connectivity index (χ2v) is 6.35. The number of hydrogen-bond acceptors (Lipinski definition) is 3. The van der Waals surface area contributed by atoms with Crippen LogP contribution in [-0.2, 0) is 0 Å². The van der Waals surface area contributed by atoms with Crippen LogP contribution in [0.15, 0.2) is 53.4 Å². The van der Waals surface area contributed by atoms with Crippen molar-refractivity contribution in [2.45, 2.75) is 24.4 Å². The number of fused-ring (bicyclic) bond motifs is 1. The minimum Gasteiger partial charge on any atom is -0.342 e. The molecule has 0 bridgehead atoms. The summed E-state index contributed by atoms with van der Waals surface area (Å²) >= 11 is 1.46. The van der Waals surface area contributed by atoms with Gasteiger partial charge >= 0.3 is 6.55 Å². The quantitative estimate of drug-likeness (QED) is 0.673. The third-order valence-electron chi connectivity index (χ3n) is 3.90. The second-order valence-electron chi connectivity index (χ2n) is 5.50. The number of nitrogens with one attached hydrogen (secondary N) is 1. The second kappa shape index (κ2) is 7.23. The monoisotopic (exact) mass is 361 g/mol. The number of aromatic nitrogens is 2. The van der Waals surface area contributed by atoms with Crippen LogP contribution in [0.25, 0.3) is 11.0 Å². The number of rotatable bonds is 5. The molecule has 0 fully saturated rings. The van der Waals surface area contributed by atoms with Gasteiger partial charge in [-0.2, -0.15) is 8.78 Å². The van der Waals surface area contributed by atoms with Crippen LogP contribution in [0.2, 0.25) is 0 Å². The van der Waals surface area contributed by atoms with Crippen molar-refractivity contribution in [1.29, 1.82) is 0 Å². The molecule has 2 aromatic carbocycles. The van der Waals surface area contributed by atoms with Crippen LogP contribution in [0.5, 0.6) is 0 Å². The average molecular weight is 361 g/mol. The van der Waals surface area contributed by atoms with E-state index in [0.29, 0.717) is 16.6 Å². The molecule has 0 spiro atoms. The molecule has 1 aromatic heterocycles. The number of nitrogens with zero attached hydrogens (tertiary/aromatic N) is 2. The number of halogens is 2. The molecule has 0 aliphatic heterocycles. The van der Waals surface area contributed by atoms with Gasteiger partial charge in [0.1, 0.15) is 5.82 Å². The van der Waals surface area contributed by atoms with Gasteiger partial charge in [-0.25, -0.2) is 4.98 Å². The number of amides is 1. The maximum absolute atomic E-state index is 13.5. The van der Waals surface area contributed by atoms with Gasteiger partial charge in [-0.1, -0.05) is 24.3 Å². The predicted molar refractivity (Wildman–Crippen MR) is 95.1 cm³/mol. The van der Waals surface area contributed by atoms with Crippen LogP contribution in [0, 0.1) is 0 Å². The number of carbonyl (C=O) groups excluding carboxylic acids is 1. The zero-order chi connectivity index (χ0) is 18.0. The molecule has 0 aliphatic carbocycles. The van der Waals surface area contributed by atoms with Gasteiger partial charge in [-0.05, 0) is 37.4 Å². The molecule has 1 heterocycles. The van der Waals surface area contributed by atoms with Gasteiger partial charge in [-0.3, -0.25) is 9.36 Å². The largest absolute Gasteiger partial charge is 0.342 e. The fourth-order valence-corrected chi connectivity index (χ4v) is 3.34. The SMILES string of the molecule is CSc1ccccc1C(=O)N[C@@H](C)c1nc2ccccc2n1C(F)F. The minimum absolute atomic E-state index is 0.131. The molecule has 1 N–H and O–H groups in total. The number of para-hydroxylation sites is 2. The summed E-state index contributed by atoms with van der Waals surface area (Å²) in [7, 11) is 0. The molecule has 0 unspecified atom stereocenters. The Bertz CT molecular complexity index is 910. The summed E-state index contributed by atoms with van der Waals surface area (Å²) < 4.78 is 27.9. The summed E-state index contributed by atoms with van der Waals surface area (Å²) in [6.45, 7) is -1.08. The number of hydrogen-bond donors (Lipinski definition) is 1. The van der Waals surface area contributed by atoms with Crippen LogP contribution in [0.1, 0.15) is 35.7 Å². The van der Waals surface area contributed by atoms with Crippen LogP contribution >= 0.6 is 11.8 Å². The summed E-state index contributed by atoms with van der Waals surface area (Å²) in [4.78, 5) is 17.7. The number of thioether (sulfide) groups is 1. The average Bonchev–Trinajstić information content (AvgIpc) is 3.01. The van der Waals surface area contributed by atoms with Crippen molar-refractivity contribution < 1.29 is 13.6 Å². The first-order valence-electron chi connectivity index (χ1n) is 7.71. The highest BCUT2D eigenvalue weighted by molar-refractivity contribution is 7.98. The summed E-state index contributed by atoms with van der Waals surface area (Å²) in [5, 5.41) is 2.77. The van der Waals surface area contributed by atoms with Crippen molar-refractivity contribution in [2.75, 3.05) is 6.26 Å². The van der Waals surface area contributed by atoms with Crippen molar-refractivity contribution >= 4 is 28.7 Å². The Hall–Kier alpha value is -2.41. The van der Waals surface area contributed by atoms with E-state index in [9.17, 15) is 13.6 Å². The molecule has 0 aliphatic rings. The third kappa shape index (κ3) is 3.37. The molecular formula is C18H17F2N3OS. The molecule has 4 nitrogen and oxygen atoms in total. The fraction of sp³-hybridized carbons (Fsp3) is 0.222. The number of benzene rings is 2. The number of imidazole rings is 1. The number of alkyl halides is 2. The minimum atomic E-state index is -2.74. The van der Waals surface area contributed by atoms with Gasteiger partial charge in [0.15, 0.2) is 0 Å². The summed E-state index contributed by atoms with van der Waals surface area (Å²) in [6.07, 6.45) is 1.88. The van der Waals surface area contributed by atoms with Crippen LogP contribution in [0.4, 0.5) is 8.78 Å². The Balaban J connectivity index is 1.93. The topological polar surface area (TPSA) is 46.9 Å².